The Labute approximate surface area is 134 Å². The van der Waals surface area contributed by atoms with Crippen LogP contribution in [0, 0.1) is 0 Å². The average molecular weight is 318 g/mol. The Morgan fingerprint density at radius 3 is 2.73 bits per heavy atom. The second kappa shape index (κ2) is 7.61. The van der Waals surface area contributed by atoms with Crippen LogP contribution in [-0.2, 0) is 11.2 Å². The van der Waals surface area contributed by atoms with Crippen LogP contribution in [0.1, 0.15) is 22.8 Å². The molecular weight excluding hydrogens is 302 g/mol. The minimum absolute atomic E-state index is 0.155. The summed E-state index contributed by atoms with van der Waals surface area (Å²) in [5.74, 6) is 0.0997. The molecule has 4 nitrogen and oxygen atoms in total. The van der Waals surface area contributed by atoms with E-state index in [1.807, 2.05) is 31.2 Å². The molecule has 0 saturated carbocycles. The summed E-state index contributed by atoms with van der Waals surface area (Å²) in [7, 11) is 0. The number of hydrogen-bond acceptors (Lipinski definition) is 3. The number of rotatable bonds is 6. The van der Waals surface area contributed by atoms with E-state index in [1.165, 1.54) is 6.07 Å². The van der Waals surface area contributed by atoms with Gasteiger partial charge in [0, 0.05) is 11.3 Å². The van der Waals surface area contributed by atoms with Crippen molar-refractivity contribution in [1.29, 1.82) is 0 Å². The number of para-hydroxylation sites is 1. The number of aldehydes is 1. The molecule has 0 unspecified atom stereocenters. The zero-order valence-corrected chi connectivity index (χ0v) is 12.9. The fourth-order valence-electron chi connectivity index (χ4n) is 1.99. The highest BCUT2D eigenvalue weighted by Crippen LogP contribution is 2.25. The number of carbonyl (C=O) groups is 2. The average Bonchev–Trinajstić information content (AvgIpc) is 2.54. The minimum atomic E-state index is -0.267. The van der Waals surface area contributed by atoms with Crippen molar-refractivity contribution in [2.75, 3.05) is 11.9 Å². The van der Waals surface area contributed by atoms with Gasteiger partial charge in [0.2, 0.25) is 0 Å². The molecule has 0 aliphatic heterocycles. The lowest BCUT2D eigenvalue weighted by molar-refractivity contribution is -0.118. The van der Waals surface area contributed by atoms with E-state index in [2.05, 4.69) is 5.32 Å². The maximum absolute atomic E-state index is 12.0. The molecule has 0 aliphatic rings. The van der Waals surface area contributed by atoms with Crippen molar-refractivity contribution in [3.05, 3.63) is 58.6 Å². The van der Waals surface area contributed by atoms with Crippen molar-refractivity contribution in [3.63, 3.8) is 0 Å². The Kier molecular flexibility index (Phi) is 5.55. The number of ether oxygens (including phenoxy) is 1. The van der Waals surface area contributed by atoms with E-state index in [0.29, 0.717) is 22.6 Å². The van der Waals surface area contributed by atoms with Gasteiger partial charge in [-0.25, -0.2) is 0 Å². The van der Waals surface area contributed by atoms with E-state index in [1.54, 1.807) is 12.1 Å². The lowest BCUT2D eigenvalue weighted by atomic mass is 10.1. The quantitative estimate of drug-likeness (QED) is 0.826. The van der Waals surface area contributed by atoms with Crippen molar-refractivity contribution in [1.82, 2.24) is 0 Å². The zero-order valence-electron chi connectivity index (χ0n) is 12.1. The third-order valence-electron chi connectivity index (χ3n) is 3.12. The Morgan fingerprint density at radius 1 is 1.27 bits per heavy atom. The molecule has 0 spiro atoms. The maximum atomic E-state index is 12.0. The first kappa shape index (κ1) is 16.0. The predicted molar refractivity (Wildman–Crippen MR) is 86.8 cm³/mol. The van der Waals surface area contributed by atoms with Crippen LogP contribution in [0.4, 0.5) is 5.69 Å². The first-order chi connectivity index (χ1) is 10.6. The highest BCUT2D eigenvalue weighted by Gasteiger charge is 2.08. The molecule has 1 N–H and O–H groups in total. The van der Waals surface area contributed by atoms with Crippen molar-refractivity contribution in [3.8, 4) is 5.75 Å². The summed E-state index contributed by atoms with van der Waals surface area (Å²) in [4.78, 5) is 22.6. The van der Waals surface area contributed by atoms with E-state index in [0.717, 1.165) is 17.7 Å². The molecule has 22 heavy (non-hydrogen) atoms. The topological polar surface area (TPSA) is 55.4 Å². The molecule has 0 saturated heterocycles. The van der Waals surface area contributed by atoms with Gasteiger partial charge in [-0.05, 0) is 36.2 Å². The molecule has 2 aromatic rings. The van der Waals surface area contributed by atoms with Crippen LogP contribution < -0.4 is 10.1 Å². The number of halogens is 1. The van der Waals surface area contributed by atoms with Gasteiger partial charge in [0.15, 0.2) is 6.61 Å². The molecule has 0 radical (unpaired) electrons. The molecule has 0 aromatic heterocycles. The summed E-state index contributed by atoms with van der Waals surface area (Å²) in [6, 6.07) is 12.3. The Hall–Kier alpha value is -2.33. The number of nitrogens with one attached hydrogen (secondary N) is 1. The highest BCUT2D eigenvalue weighted by molar-refractivity contribution is 6.32. The van der Waals surface area contributed by atoms with Gasteiger partial charge in [-0.1, -0.05) is 36.7 Å². The van der Waals surface area contributed by atoms with Crippen LogP contribution in [0.2, 0.25) is 5.02 Å². The van der Waals surface area contributed by atoms with Gasteiger partial charge in [-0.3, -0.25) is 9.59 Å². The first-order valence-electron chi connectivity index (χ1n) is 6.89. The van der Waals surface area contributed by atoms with E-state index in [-0.39, 0.29) is 12.5 Å². The van der Waals surface area contributed by atoms with Gasteiger partial charge in [-0.15, -0.1) is 0 Å². The van der Waals surface area contributed by atoms with Crippen LogP contribution in [-0.4, -0.2) is 18.8 Å². The van der Waals surface area contributed by atoms with Gasteiger partial charge in [0.05, 0.1) is 5.02 Å². The number of anilines is 1. The number of aryl methyl sites for hydroxylation is 1. The molecule has 2 rings (SSSR count). The van der Waals surface area contributed by atoms with Crippen molar-refractivity contribution in [2.45, 2.75) is 13.3 Å². The lowest BCUT2D eigenvalue weighted by Gasteiger charge is -2.11. The Morgan fingerprint density at radius 2 is 2.05 bits per heavy atom. The van der Waals surface area contributed by atoms with Gasteiger partial charge in [-0.2, -0.15) is 0 Å². The number of carbonyl (C=O) groups excluding carboxylic acids is 2. The van der Waals surface area contributed by atoms with E-state index in [9.17, 15) is 9.59 Å². The van der Waals surface area contributed by atoms with Crippen molar-refractivity contribution in [2.24, 2.45) is 0 Å². The van der Waals surface area contributed by atoms with Gasteiger partial charge in [0.1, 0.15) is 12.0 Å². The molecule has 5 heteroatoms. The minimum Gasteiger partial charge on any atom is -0.482 e. The van der Waals surface area contributed by atoms with Gasteiger partial charge >= 0.3 is 0 Å². The third-order valence-corrected chi connectivity index (χ3v) is 3.42. The normalized spacial score (nSPS) is 10.1. The molecule has 0 atom stereocenters. The van der Waals surface area contributed by atoms with Crippen LogP contribution in [0.15, 0.2) is 42.5 Å². The fourth-order valence-corrected chi connectivity index (χ4v) is 2.23. The second-order valence-electron chi connectivity index (χ2n) is 4.66. The molecular formula is C17H16ClNO3. The smallest absolute Gasteiger partial charge is 0.262 e. The Bertz CT molecular complexity index is 685. The molecule has 2 aromatic carbocycles. The van der Waals surface area contributed by atoms with Crippen LogP contribution >= 0.6 is 11.6 Å². The van der Waals surface area contributed by atoms with Gasteiger partial charge < -0.3 is 10.1 Å². The molecule has 0 heterocycles. The summed E-state index contributed by atoms with van der Waals surface area (Å²) >= 11 is 5.98. The van der Waals surface area contributed by atoms with E-state index in [4.69, 9.17) is 16.3 Å². The summed E-state index contributed by atoms with van der Waals surface area (Å²) in [5.41, 5.74) is 2.30. The summed E-state index contributed by atoms with van der Waals surface area (Å²) in [6.45, 7) is 1.87. The molecule has 114 valence electrons. The molecule has 0 fully saturated rings. The zero-order chi connectivity index (χ0) is 15.9. The number of benzene rings is 2. The summed E-state index contributed by atoms with van der Waals surface area (Å²) in [5, 5.41) is 3.11. The van der Waals surface area contributed by atoms with E-state index < -0.39 is 0 Å². The lowest BCUT2D eigenvalue weighted by Crippen LogP contribution is -2.21. The number of hydrogen-bond donors (Lipinski definition) is 1. The SMILES string of the molecule is CCc1ccccc1NC(=O)COc1ccc(C=O)cc1Cl. The van der Waals surface area contributed by atoms with Crippen molar-refractivity contribution < 1.29 is 14.3 Å². The molecule has 0 aliphatic carbocycles. The Balaban J connectivity index is 1.97. The third kappa shape index (κ3) is 4.09. The highest BCUT2D eigenvalue weighted by atomic mass is 35.5. The maximum Gasteiger partial charge on any atom is 0.262 e. The van der Waals surface area contributed by atoms with Crippen LogP contribution in [0.25, 0.3) is 0 Å². The second-order valence-corrected chi connectivity index (χ2v) is 5.06. The fraction of sp³-hybridized carbons (Fsp3) is 0.176. The first-order valence-corrected chi connectivity index (χ1v) is 7.27. The van der Waals surface area contributed by atoms with Gasteiger partial charge in [0.25, 0.3) is 5.91 Å². The molecule has 0 bridgehead atoms. The van der Waals surface area contributed by atoms with Crippen LogP contribution in [0.3, 0.4) is 0 Å². The standard InChI is InChI=1S/C17H16ClNO3/c1-2-13-5-3-4-6-15(13)19-17(21)11-22-16-8-7-12(10-20)9-14(16)18/h3-10H,2,11H2,1H3,(H,19,21). The molecule has 1 amide bonds. The van der Waals surface area contributed by atoms with E-state index >= 15 is 0 Å². The largest absolute Gasteiger partial charge is 0.482 e. The van der Waals surface area contributed by atoms with Crippen molar-refractivity contribution >= 4 is 29.5 Å². The summed E-state index contributed by atoms with van der Waals surface area (Å²) in [6.07, 6.45) is 1.53. The monoisotopic (exact) mass is 317 g/mol. The predicted octanol–water partition coefficient (Wildman–Crippen LogP) is 3.73. The number of amides is 1. The summed E-state index contributed by atoms with van der Waals surface area (Å²) < 4.78 is 5.38. The van der Waals surface area contributed by atoms with Crippen LogP contribution in [0.5, 0.6) is 5.75 Å².